The maximum atomic E-state index is 13.2. The van der Waals surface area contributed by atoms with Crippen LogP contribution in [0.4, 0.5) is 0 Å². The van der Waals surface area contributed by atoms with Crippen LogP contribution in [0.3, 0.4) is 0 Å². The fraction of sp³-hybridized carbons (Fsp3) is 0.222. The molecule has 0 saturated heterocycles. The van der Waals surface area contributed by atoms with E-state index in [-0.39, 0.29) is 11.9 Å². The first-order chi connectivity index (χ1) is 14.8. The molecule has 4 rings (SSSR count). The molecule has 1 amide bonds. The minimum Gasteiger partial charge on any atom is -0.348 e. The number of nitrogens with one attached hydrogen (secondary N) is 2. The van der Waals surface area contributed by atoms with Gasteiger partial charge in [0.25, 0.3) is 5.91 Å². The first-order valence-corrected chi connectivity index (χ1v) is 10.7. The van der Waals surface area contributed by atoms with Gasteiger partial charge in [0, 0.05) is 24.7 Å². The third-order valence-electron chi connectivity index (χ3n) is 5.56. The van der Waals surface area contributed by atoms with Gasteiger partial charge in [0.15, 0.2) is 0 Å². The van der Waals surface area contributed by atoms with Crippen molar-refractivity contribution in [1.82, 2.24) is 10.6 Å². The van der Waals surface area contributed by atoms with E-state index < -0.39 is 0 Å². The molecule has 3 heteroatoms. The van der Waals surface area contributed by atoms with Crippen molar-refractivity contribution in [3.63, 3.8) is 0 Å². The molecule has 0 fully saturated rings. The van der Waals surface area contributed by atoms with E-state index in [0.717, 1.165) is 42.3 Å². The van der Waals surface area contributed by atoms with Crippen molar-refractivity contribution < 1.29 is 4.79 Å². The Bertz CT molecular complexity index is 1030. The molecular weight excluding hydrogens is 368 g/mol. The van der Waals surface area contributed by atoms with Gasteiger partial charge in [-0.3, -0.25) is 4.79 Å². The Morgan fingerprint density at radius 1 is 0.933 bits per heavy atom. The van der Waals surface area contributed by atoms with Gasteiger partial charge >= 0.3 is 0 Å². The number of allylic oxidation sites excluding steroid dienone is 3. The summed E-state index contributed by atoms with van der Waals surface area (Å²) in [6.45, 7) is 1.65. The molecule has 3 aromatic carbocycles. The summed E-state index contributed by atoms with van der Waals surface area (Å²) < 4.78 is 0. The van der Waals surface area contributed by atoms with Crippen molar-refractivity contribution in [1.29, 1.82) is 0 Å². The monoisotopic (exact) mass is 396 g/mol. The van der Waals surface area contributed by atoms with Crippen LogP contribution in [0.25, 0.3) is 10.8 Å². The SMILES string of the molecule is O=C(NC(CNCC1C=CC=CC1)Cc1ccccc1)c1cccc2ccccc12. The predicted molar refractivity (Wildman–Crippen MR) is 125 cm³/mol. The highest BCUT2D eigenvalue weighted by molar-refractivity contribution is 6.07. The lowest BCUT2D eigenvalue weighted by molar-refractivity contribution is 0.0938. The van der Waals surface area contributed by atoms with Crippen LogP contribution < -0.4 is 10.6 Å². The smallest absolute Gasteiger partial charge is 0.252 e. The van der Waals surface area contributed by atoms with Crippen LogP contribution in [-0.2, 0) is 6.42 Å². The molecular formula is C27H28N2O. The highest BCUT2D eigenvalue weighted by Gasteiger charge is 2.17. The number of hydrogen-bond donors (Lipinski definition) is 2. The Morgan fingerprint density at radius 3 is 2.57 bits per heavy atom. The van der Waals surface area contributed by atoms with Crippen molar-refractivity contribution in [2.45, 2.75) is 18.9 Å². The second-order valence-electron chi connectivity index (χ2n) is 7.85. The maximum absolute atomic E-state index is 13.2. The summed E-state index contributed by atoms with van der Waals surface area (Å²) >= 11 is 0. The van der Waals surface area contributed by atoms with Gasteiger partial charge in [-0.05, 0) is 41.2 Å². The van der Waals surface area contributed by atoms with Gasteiger partial charge in [-0.25, -0.2) is 0 Å². The van der Waals surface area contributed by atoms with Gasteiger partial charge in [0.05, 0.1) is 0 Å². The predicted octanol–water partition coefficient (Wildman–Crippen LogP) is 4.90. The Hall–Kier alpha value is -3.17. The van der Waals surface area contributed by atoms with Crippen LogP contribution in [0.15, 0.2) is 97.1 Å². The second-order valence-corrected chi connectivity index (χ2v) is 7.85. The summed E-state index contributed by atoms with van der Waals surface area (Å²) in [6.07, 6.45) is 10.5. The first-order valence-electron chi connectivity index (χ1n) is 10.7. The van der Waals surface area contributed by atoms with Crippen LogP contribution in [0.1, 0.15) is 22.3 Å². The molecule has 30 heavy (non-hydrogen) atoms. The topological polar surface area (TPSA) is 41.1 Å². The lowest BCUT2D eigenvalue weighted by Crippen LogP contribution is -2.44. The van der Waals surface area contributed by atoms with Gasteiger partial charge in [-0.2, -0.15) is 0 Å². The van der Waals surface area contributed by atoms with Crippen LogP contribution >= 0.6 is 0 Å². The van der Waals surface area contributed by atoms with E-state index in [9.17, 15) is 4.79 Å². The minimum atomic E-state index is -0.0185. The molecule has 2 atom stereocenters. The number of fused-ring (bicyclic) bond motifs is 1. The molecule has 0 spiro atoms. The molecule has 0 heterocycles. The summed E-state index contributed by atoms with van der Waals surface area (Å²) in [6, 6.07) is 24.3. The number of hydrogen-bond acceptors (Lipinski definition) is 2. The minimum absolute atomic E-state index is 0.0157. The molecule has 152 valence electrons. The zero-order valence-electron chi connectivity index (χ0n) is 17.1. The molecule has 0 radical (unpaired) electrons. The van der Waals surface area contributed by atoms with Gasteiger partial charge in [-0.1, -0.05) is 91.0 Å². The van der Waals surface area contributed by atoms with E-state index in [0.29, 0.717) is 5.92 Å². The number of carbonyl (C=O) groups is 1. The molecule has 1 aliphatic carbocycles. The fourth-order valence-corrected chi connectivity index (χ4v) is 3.99. The van der Waals surface area contributed by atoms with E-state index in [4.69, 9.17) is 0 Å². The summed E-state index contributed by atoms with van der Waals surface area (Å²) in [5.74, 6) is 0.496. The zero-order valence-corrected chi connectivity index (χ0v) is 17.1. The fourth-order valence-electron chi connectivity index (χ4n) is 3.99. The molecule has 1 aliphatic rings. The maximum Gasteiger partial charge on any atom is 0.252 e. The lowest BCUT2D eigenvalue weighted by Gasteiger charge is -2.22. The Morgan fingerprint density at radius 2 is 1.73 bits per heavy atom. The van der Waals surface area contributed by atoms with Gasteiger partial charge in [0.2, 0.25) is 0 Å². The standard InChI is InChI=1S/C27H28N2O/c30-27(26-17-9-15-23-14-7-8-16-25(23)26)29-24(18-21-10-3-1-4-11-21)20-28-19-22-12-5-2-6-13-22/h1-12,14-17,22,24,28H,13,18-20H2,(H,29,30). The van der Waals surface area contributed by atoms with Crippen molar-refractivity contribution in [2.75, 3.05) is 13.1 Å². The Labute approximate surface area is 178 Å². The van der Waals surface area contributed by atoms with Gasteiger partial charge in [-0.15, -0.1) is 0 Å². The molecule has 0 bridgehead atoms. The number of carbonyl (C=O) groups excluding carboxylic acids is 1. The van der Waals surface area contributed by atoms with Crippen molar-refractivity contribution in [2.24, 2.45) is 5.92 Å². The van der Waals surface area contributed by atoms with E-state index in [1.165, 1.54) is 5.56 Å². The molecule has 0 aliphatic heterocycles. The van der Waals surface area contributed by atoms with Crippen LogP contribution in [0, 0.1) is 5.92 Å². The quantitative estimate of drug-likeness (QED) is 0.568. The van der Waals surface area contributed by atoms with E-state index >= 15 is 0 Å². The lowest BCUT2D eigenvalue weighted by atomic mass is 10.00. The average molecular weight is 397 g/mol. The molecule has 0 aromatic heterocycles. The number of amides is 1. The summed E-state index contributed by atoms with van der Waals surface area (Å²) in [7, 11) is 0. The average Bonchev–Trinajstić information content (AvgIpc) is 2.80. The molecule has 3 aromatic rings. The summed E-state index contributed by atoms with van der Waals surface area (Å²) in [5.41, 5.74) is 1.95. The van der Waals surface area contributed by atoms with E-state index in [1.807, 2.05) is 60.7 Å². The molecule has 0 saturated carbocycles. The first kappa shape index (κ1) is 20.1. The molecule has 2 N–H and O–H groups in total. The number of rotatable bonds is 8. The Balaban J connectivity index is 1.46. The largest absolute Gasteiger partial charge is 0.348 e. The van der Waals surface area contributed by atoms with Crippen molar-refractivity contribution >= 4 is 16.7 Å². The summed E-state index contributed by atoms with van der Waals surface area (Å²) in [4.78, 5) is 13.2. The van der Waals surface area contributed by atoms with Crippen LogP contribution in [-0.4, -0.2) is 25.0 Å². The van der Waals surface area contributed by atoms with E-state index in [2.05, 4.69) is 47.1 Å². The van der Waals surface area contributed by atoms with Crippen LogP contribution in [0.2, 0.25) is 0 Å². The normalized spacial score (nSPS) is 16.5. The molecule has 2 unspecified atom stereocenters. The third-order valence-corrected chi connectivity index (χ3v) is 5.56. The van der Waals surface area contributed by atoms with Crippen LogP contribution in [0.5, 0.6) is 0 Å². The Kier molecular flexibility index (Phi) is 6.73. The zero-order chi connectivity index (χ0) is 20.6. The van der Waals surface area contributed by atoms with Crippen molar-refractivity contribution in [3.8, 4) is 0 Å². The van der Waals surface area contributed by atoms with Gasteiger partial charge in [0.1, 0.15) is 0 Å². The van der Waals surface area contributed by atoms with Gasteiger partial charge < -0.3 is 10.6 Å². The van der Waals surface area contributed by atoms with Crippen molar-refractivity contribution in [3.05, 3.63) is 108 Å². The highest BCUT2D eigenvalue weighted by atomic mass is 16.1. The third kappa shape index (κ3) is 5.25. The summed E-state index contributed by atoms with van der Waals surface area (Å²) in [5, 5.41) is 8.92. The van der Waals surface area contributed by atoms with E-state index in [1.54, 1.807) is 0 Å². The highest BCUT2D eigenvalue weighted by Crippen LogP contribution is 2.18. The second kappa shape index (κ2) is 10.0. The molecule has 3 nitrogen and oxygen atoms in total. The number of benzene rings is 3.